The molecule has 0 saturated heterocycles. The Bertz CT molecular complexity index is 1090. The highest BCUT2D eigenvalue weighted by molar-refractivity contribution is 5.82. The molecule has 0 amide bonds. The maximum atomic E-state index is 4.72. The van der Waals surface area contributed by atoms with Gasteiger partial charge in [0, 0.05) is 32.0 Å². The zero-order chi connectivity index (χ0) is 18.8. The number of hydrogen-bond acceptors (Lipinski definition) is 5. The number of rotatable bonds is 5. The Morgan fingerprint density at radius 1 is 0.893 bits per heavy atom. The molecule has 6 heteroatoms. The van der Waals surface area contributed by atoms with Crippen LogP contribution in [0.3, 0.4) is 0 Å². The Balaban J connectivity index is 1.25. The van der Waals surface area contributed by atoms with Gasteiger partial charge in [-0.25, -0.2) is 9.97 Å². The number of nitrogens with zero attached hydrogens (tertiary/aromatic N) is 5. The summed E-state index contributed by atoms with van der Waals surface area (Å²) in [5, 5.41) is 10.5. The molecule has 0 aliphatic carbocycles. The molecular weight excluding hydrogens is 348 g/mol. The second-order valence-corrected chi connectivity index (χ2v) is 7.17. The molecular formula is C22H22N6. The topological polar surface area (TPSA) is 58.9 Å². The highest BCUT2D eigenvalue weighted by Crippen LogP contribution is 2.20. The fourth-order valence-corrected chi connectivity index (χ4v) is 3.76. The van der Waals surface area contributed by atoms with Gasteiger partial charge in [0.25, 0.3) is 0 Å². The first-order valence-electron chi connectivity index (χ1n) is 9.60. The average Bonchev–Trinajstić information content (AvgIpc) is 3.15. The van der Waals surface area contributed by atoms with E-state index >= 15 is 0 Å². The summed E-state index contributed by atoms with van der Waals surface area (Å²) in [6, 6.07) is 19.3. The second kappa shape index (κ2) is 7.40. The minimum atomic E-state index is 0.631. The van der Waals surface area contributed by atoms with E-state index < -0.39 is 0 Å². The Kier molecular flexibility index (Phi) is 4.47. The molecule has 6 nitrogen and oxygen atoms in total. The van der Waals surface area contributed by atoms with Crippen LogP contribution in [0.15, 0.2) is 67.0 Å². The van der Waals surface area contributed by atoms with Crippen LogP contribution in [0.4, 0.5) is 5.95 Å². The van der Waals surface area contributed by atoms with Gasteiger partial charge in [0.1, 0.15) is 0 Å². The number of fused-ring (bicyclic) bond motifs is 2. The summed E-state index contributed by atoms with van der Waals surface area (Å²) in [6.45, 7) is 4.44. The average molecular weight is 370 g/mol. The van der Waals surface area contributed by atoms with E-state index in [9.17, 15) is 0 Å². The maximum Gasteiger partial charge on any atom is 0.222 e. The molecule has 1 N–H and O–H groups in total. The van der Waals surface area contributed by atoms with Crippen LogP contribution in [0.25, 0.3) is 10.8 Å². The van der Waals surface area contributed by atoms with E-state index in [4.69, 9.17) is 5.10 Å². The molecule has 4 aromatic rings. The van der Waals surface area contributed by atoms with E-state index in [0.29, 0.717) is 12.5 Å². The van der Waals surface area contributed by atoms with Crippen LogP contribution in [0.1, 0.15) is 17.0 Å². The zero-order valence-corrected chi connectivity index (χ0v) is 15.6. The SMILES string of the molecule is c1cnc(NCc2cc3n(n2)CCN(Cc2ccc4ccccc4c2)C3)nc1. The van der Waals surface area contributed by atoms with Gasteiger partial charge in [-0.2, -0.15) is 5.10 Å². The Hall–Kier alpha value is -3.25. The molecule has 1 aliphatic heterocycles. The molecule has 0 saturated carbocycles. The molecule has 0 fully saturated rings. The number of anilines is 1. The summed E-state index contributed by atoms with van der Waals surface area (Å²) >= 11 is 0. The lowest BCUT2D eigenvalue weighted by atomic mass is 10.1. The van der Waals surface area contributed by atoms with Crippen molar-refractivity contribution in [1.29, 1.82) is 0 Å². The van der Waals surface area contributed by atoms with E-state index in [1.165, 1.54) is 22.0 Å². The third kappa shape index (κ3) is 3.59. The quantitative estimate of drug-likeness (QED) is 0.583. The lowest BCUT2D eigenvalue weighted by molar-refractivity contribution is 0.205. The van der Waals surface area contributed by atoms with Crippen molar-refractivity contribution in [3.8, 4) is 0 Å². The summed E-state index contributed by atoms with van der Waals surface area (Å²) < 4.78 is 2.12. The predicted molar refractivity (Wildman–Crippen MR) is 110 cm³/mol. The van der Waals surface area contributed by atoms with Gasteiger partial charge in [0.05, 0.1) is 24.5 Å². The van der Waals surface area contributed by atoms with Crippen LogP contribution < -0.4 is 5.32 Å². The van der Waals surface area contributed by atoms with Crippen molar-refractivity contribution in [2.75, 3.05) is 11.9 Å². The van der Waals surface area contributed by atoms with Crippen molar-refractivity contribution in [2.24, 2.45) is 0 Å². The molecule has 0 atom stereocenters. The molecule has 5 rings (SSSR count). The first-order valence-corrected chi connectivity index (χ1v) is 9.60. The highest BCUT2D eigenvalue weighted by Gasteiger charge is 2.18. The summed E-state index contributed by atoms with van der Waals surface area (Å²) in [5.41, 5.74) is 3.64. The minimum absolute atomic E-state index is 0.631. The van der Waals surface area contributed by atoms with Crippen LogP contribution in [-0.4, -0.2) is 31.2 Å². The molecule has 2 aromatic carbocycles. The van der Waals surface area contributed by atoms with Crippen molar-refractivity contribution < 1.29 is 0 Å². The van der Waals surface area contributed by atoms with Gasteiger partial charge >= 0.3 is 0 Å². The lowest BCUT2D eigenvalue weighted by Crippen LogP contribution is -2.33. The summed E-state index contributed by atoms with van der Waals surface area (Å²) in [4.78, 5) is 10.9. The van der Waals surface area contributed by atoms with Gasteiger partial charge in [-0.3, -0.25) is 9.58 Å². The van der Waals surface area contributed by atoms with E-state index in [0.717, 1.165) is 31.9 Å². The van der Waals surface area contributed by atoms with Crippen molar-refractivity contribution in [3.05, 3.63) is 83.9 Å². The molecule has 28 heavy (non-hydrogen) atoms. The second-order valence-electron chi connectivity index (χ2n) is 7.17. The van der Waals surface area contributed by atoms with Gasteiger partial charge in [-0.05, 0) is 34.5 Å². The normalized spacial score (nSPS) is 14.1. The van der Waals surface area contributed by atoms with Gasteiger partial charge < -0.3 is 5.32 Å². The van der Waals surface area contributed by atoms with Crippen molar-refractivity contribution >= 4 is 16.7 Å². The van der Waals surface area contributed by atoms with E-state index in [1.807, 2.05) is 6.07 Å². The van der Waals surface area contributed by atoms with E-state index in [-0.39, 0.29) is 0 Å². The fourth-order valence-electron chi connectivity index (χ4n) is 3.76. The van der Waals surface area contributed by atoms with Crippen LogP contribution in [-0.2, 0) is 26.2 Å². The molecule has 0 bridgehead atoms. The Morgan fingerprint density at radius 3 is 2.64 bits per heavy atom. The summed E-state index contributed by atoms with van der Waals surface area (Å²) in [6.07, 6.45) is 3.47. The minimum Gasteiger partial charge on any atom is -0.348 e. The monoisotopic (exact) mass is 370 g/mol. The third-order valence-corrected chi connectivity index (χ3v) is 5.14. The van der Waals surface area contributed by atoms with Crippen LogP contribution in [0.2, 0.25) is 0 Å². The largest absolute Gasteiger partial charge is 0.348 e. The Morgan fingerprint density at radius 2 is 1.75 bits per heavy atom. The van der Waals surface area contributed by atoms with Gasteiger partial charge in [-0.15, -0.1) is 0 Å². The Labute approximate surface area is 163 Å². The standard InChI is InChI=1S/C22H22N6/c1-2-5-19-12-17(6-7-18(19)4-1)15-27-10-11-28-21(16-27)13-20(26-28)14-25-22-23-8-3-9-24-22/h1-9,12-13H,10-11,14-16H2,(H,23,24,25). The molecule has 3 heterocycles. The fraction of sp³-hybridized carbons (Fsp3) is 0.227. The van der Waals surface area contributed by atoms with Gasteiger partial charge in [-0.1, -0.05) is 36.4 Å². The molecule has 0 radical (unpaired) electrons. The van der Waals surface area contributed by atoms with Crippen molar-refractivity contribution in [3.63, 3.8) is 0 Å². The van der Waals surface area contributed by atoms with Crippen LogP contribution in [0.5, 0.6) is 0 Å². The predicted octanol–water partition coefficient (Wildman–Crippen LogP) is 3.45. The van der Waals surface area contributed by atoms with Crippen LogP contribution >= 0.6 is 0 Å². The number of nitrogens with one attached hydrogen (secondary N) is 1. The van der Waals surface area contributed by atoms with E-state index in [1.54, 1.807) is 12.4 Å². The number of aromatic nitrogens is 4. The smallest absolute Gasteiger partial charge is 0.222 e. The first kappa shape index (κ1) is 16.9. The first-order chi connectivity index (χ1) is 13.8. The third-order valence-electron chi connectivity index (χ3n) is 5.14. The zero-order valence-electron chi connectivity index (χ0n) is 15.6. The molecule has 1 aliphatic rings. The van der Waals surface area contributed by atoms with Crippen LogP contribution in [0, 0.1) is 0 Å². The van der Waals surface area contributed by atoms with Crippen molar-refractivity contribution in [1.82, 2.24) is 24.6 Å². The molecule has 2 aromatic heterocycles. The van der Waals surface area contributed by atoms with Gasteiger partial charge in [0.2, 0.25) is 5.95 Å². The molecule has 0 spiro atoms. The summed E-state index contributed by atoms with van der Waals surface area (Å²) in [5.74, 6) is 0.631. The lowest BCUT2D eigenvalue weighted by Gasteiger charge is -2.27. The van der Waals surface area contributed by atoms with Crippen molar-refractivity contribution in [2.45, 2.75) is 26.2 Å². The highest BCUT2D eigenvalue weighted by atomic mass is 15.3. The number of benzene rings is 2. The maximum absolute atomic E-state index is 4.72. The molecule has 140 valence electrons. The van der Waals surface area contributed by atoms with Gasteiger partial charge in [0.15, 0.2) is 0 Å². The summed E-state index contributed by atoms with van der Waals surface area (Å²) in [7, 11) is 0. The number of hydrogen-bond donors (Lipinski definition) is 1. The van der Waals surface area contributed by atoms with E-state index in [2.05, 4.69) is 73.4 Å². The molecule has 0 unspecified atom stereocenters.